The first-order valence-electron chi connectivity index (χ1n) is 6.55. The molecule has 1 unspecified atom stereocenters. The van der Waals surface area contributed by atoms with E-state index in [2.05, 4.69) is 11.4 Å². The van der Waals surface area contributed by atoms with E-state index in [-0.39, 0.29) is 5.91 Å². The molecule has 1 N–H and O–H groups in total. The third-order valence-corrected chi connectivity index (χ3v) is 4.28. The standard InChI is InChI=1S/C16H16N2O2S/c1-10-12(3)21-16(14(10)9-17)18-15(19)11(2)20-13-7-5-4-6-8-13/h4-8,11H,1-3H3,(H,18,19). The first-order valence-corrected chi connectivity index (χ1v) is 7.37. The van der Waals surface area contributed by atoms with Crippen molar-refractivity contribution in [2.45, 2.75) is 26.9 Å². The van der Waals surface area contributed by atoms with Gasteiger partial charge in [0.15, 0.2) is 6.10 Å². The molecule has 0 saturated carbocycles. The number of para-hydroxylation sites is 1. The van der Waals surface area contributed by atoms with E-state index in [1.807, 2.05) is 32.0 Å². The van der Waals surface area contributed by atoms with Gasteiger partial charge < -0.3 is 10.1 Å². The van der Waals surface area contributed by atoms with Crippen molar-refractivity contribution in [2.75, 3.05) is 5.32 Å². The lowest BCUT2D eigenvalue weighted by atomic mass is 10.2. The van der Waals surface area contributed by atoms with E-state index in [9.17, 15) is 10.1 Å². The van der Waals surface area contributed by atoms with Gasteiger partial charge in [-0.15, -0.1) is 11.3 Å². The van der Waals surface area contributed by atoms with E-state index in [0.29, 0.717) is 16.3 Å². The zero-order chi connectivity index (χ0) is 15.4. The van der Waals surface area contributed by atoms with E-state index in [1.165, 1.54) is 11.3 Å². The van der Waals surface area contributed by atoms with Gasteiger partial charge in [0, 0.05) is 4.88 Å². The number of carbonyl (C=O) groups excluding carboxylic acids is 1. The lowest BCUT2D eigenvalue weighted by Gasteiger charge is -2.14. The van der Waals surface area contributed by atoms with Crippen LogP contribution in [0.4, 0.5) is 5.00 Å². The zero-order valence-electron chi connectivity index (χ0n) is 12.1. The third-order valence-electron chi connectivity index (χ3n) is 3.16. The van der Waals surface area contributed by atoms with Crippen LogP contribution in [0, 0.1) is 25.2 Å². The van der Waals surface area contributed by atoms with Gasteiger partial charge in [-0.1, -0.05) is 18.2 Å². The number of amides is 1. The number of aryl methyl sites for hydroxylation is 1. The summed E-state index contributed by atoms with van der Waals surface area (Å²) < 4.78 is 5.57. The minimum absolute atomic E-state index is 0.267. The van der Waals surface area contributed by atoms with Crippen LogP contribution in [0.15, 0.2) is 30.3 Å². The number of nitrogens with one attached hydrogen (secondary N) is 1. The second kappa shape index (κ2) is 6.42. The second-order valence-electron chi connectivity index (χ2n) is 4.66. The number of hydrogen-bond donors (Lipinski definition) is 1. The van der Waals surface area contributed by atoms with Crippen molar-refractivity contribution in [1.29, 1.82) is 5.26 Å². The summed E-state index contributed by atoms with van der Waals surface area (Å²) in [7, 11) is 0. The summed E-state index contributed by atoms with van der Waals surface area (Å²) >= 11 is 1.41. The van der Waals surface area contributed by atoms with Crippen molar-refractivity contribution in [3.63, 3.8) is 0 Å². The highest BCUT2D eigenvalue weighted by molar-refractivity contribution is 7.16. The molecule has 0 aliphatic carbocycles. The van der Waals surface area contributed by atoms with Crippen molar-refractivity contribution in [3.05, 3.63) is 46.3 Å². The van der Waals surface area contributed by atoms with Gasteiger partial charge in [0.25, 0.3) is 5.91 Å². The number of benzene rings is 1. The third kappa shape index (κ3) is 3.41. The van der Waals surface area contributed by atoms with Gasteiger partial charge in [-0.2, -0.15) is 5.26 Å². The largest absolute Gasteiger partial charge is 0.481 e. The molecule has 1 amide bonds. The van der Waals surface area contributed by atoms with Crippen LogP contribution in [0.25, 0.3) is 0 Å². The smallest absolute Gasteiger partial charge is 0.265 e. The minimum Gasteiger partial charge on any atom is -0.481 e. The van der Waals surface area contributed by atoms with Gasteiger partial charge >= 0.3 is 0 Å². The van der Waals surface area contributed by atoms with Crippen molar-refractivity contribution in [2.24, 2.45) is 0 Å². The number of thiophene rings is 1. The lowest BCUT2D eigenvalue weighted by molar-refractivity contribution is -0.122. The molecule has 1 aromatic carbocycles. The summed E-state index contributed by atoms with van der Waals surface area (Å²) in [6.07, 6.45) is -0.637. The topological polar surface area (TPSA) is 62.1 Å². The molecule has 0 aliphatic rings. The molecule has 0 radical (unpaired) electrons. The fourth-order valence-corrected chi connectivity index (χ4v) is 2.83. The van der Waals surface area contributed by atoms with Crippen LogP contribution in [-0.2, 0) is 4.79 Å². The Morgan fingerprint density at radius 2 is 2.00 bits per heavy atom. The van der Waals surface area contributed by atoms with Gasteiger partial charge in [-0.3, -0.25) is 4.79 Å². The molecule has 0 aliphatic heterocycles. The molecule has 0 spiro atoms. The van der Waals surface area contributed by atoms with Crippen molar-refractivity contribution >= 4 is 22.2 Å². The maximum Gasteiger partial charge on any atom is 0.265 e. The molecular weight excluding hydrogens is 284 g/mol. The molecule has 108 valence electrons. The highest BCUT2D eigenvalue weighted by Gasteiger charge is 2.19. The van der Waals surface area contributed by atoms with Crippen molar-refractivity contribution in [1.82, 2.24) is 0 Å². The predicted octanol–water partition coefficient (Wildman–Crippen LogP) is 3.64. The number of carbonyl (C=O) groups is 1. The fraction of sp³-hybridized carbons (Fsp3) is 0.250. The Morgan fingerprint density at radius 3 is 2.62 bits per heavy atom. The SMILES string of the molecule is Cc1sc(NC(=O)C(C)Oc2ccccc2)c(C#N)c1C. The van der Waals surface area contributed by atoms with Crippen LogP contribution in [0.5, 0.6) is 5.75 Å². The Hall–Kier alpha value is -2.32. The summed E-state index contributed by atoms with van der Waals surface area (Å²) in [5, 5.41) is 12.5. The molecule has 0 saturated heterocycles. The Balaban J connectivity index is 2.08. The van der Waals surface area contributed by atoms with E-state index in [4.69, 9.17) is 4.74 Å². The van der Waals surface area contributed by atoms with E-state index >= 15 is 0 Å². The molecular formula is C16H16N2O2S. The van der Waals surface area contributed by atoms with Crippen molar-refractivity contribution in [3.8, 4) is 11.8 Å². The maximum absolute atomic E-state index is 12.2. The Labute approximate surface area is 128 Å². The van der Waals surface area contributed by atoms with Crippen LogP contribution in [-0.4, -0.2) is 12.0 Å². The first-order chi connectivity index (χ1) is 10.0. The average molecular weight is 300 g/mol. The van der Waals surface area contributed by atoms with Gasteiger partial charge in [-0.05, 0) is 38.5 Å². The first kappa shape index (κ1) is 15.1. The molecule has 2 aromatic rings. The van der Waals surface area contributed by atoms with E-state index in [1.54, 1.807) is 19.1 Å². The summed E-state index contributed by atoms with van der Waals surface area (Å²) in [5.74, 6) is 0.371. The predicted molar refractivity (Wildman–Crippen MR) is 83.7 cm³/mol. The second-order valence-corrected chi connectivity index (χ2v) is 5.89. The van der Waals surface area contributed by atoms with Crippen LogP contribution < -0.4 is 10.1 Å². The Kier molecular flexibility index (Phi) is 4.61. The van der Waals surface area contributed by atoms with Crippen LogP contribution >= 0.6 is 11.3 Å². The zero-order valence-corrected chi connectivity index (χ0v) is 13.0. The van der Waals surface area contributed by atoms with Crippen molar-refractivity contribution < 1.29 is 9.53 Å². The van der Waals surface area contributed by atoms with E-state index in [0.717, 1.165) is 10.4 Å². The highest BCUT2D eigenvalue weighted by Crippen LogP contribution is 2.31. The average Bonchev–Trinajstić information content (AvgIpc) is 2.74. The Morgan fingerprint density at radius 1 is 1.33 bits per heavy atom. The summed E-state index contributed by atoms with van der Waals surface area (Å²) in [4.78, 5) is 13.2. The quantitative estimate of drug-likeness (QED) is 0.937. The fourth-order valence-electron chi connectivity index (χ4n) is 1.82. The number of anilines is 1. The molecule has 0 bridgehead atoms. The highest BCUT2D eigenvalue weighted by atomic mass is 32.1. The number of nitrogens with zero attached hydrogens (tertiary/aromatic N) is 1. The molecule has 1 aromatic heterocycles. The van der Waals surface area contributed by atoms with Crippen LogP contribution in [0.3, 0.4) is 0 Å². The van der Waals surface area contributed by atoms with E-state index < -0.39 is 6.10 Å². The van der Waals surface area contributed by atoms with Crippen LogP contribution in [0.2, 0.25) is 0 Å². The molecule has 5 heteroatoms. The molecule has 0 fully saturated rings. The normalized spacial score (nSPS) is 11.5. The molecule has 4 nitrogen and oxygen atoms in total. The summed E-state index contributed by atoms with van der Waals surface area (Å²) in [6.45, 7) is 5.49. The Bertz CT molecular complexity index is 686. The van der Waals surface area contributed by atoms with Gasteiger partial charge in [0.05, 0.1) is 5.56 Å². The van der Waals surface area contributed by atoms with Gasteiger partial charge in [0.2, 0.25) is 0 Å². The minimum atomic E-state index is -0.637. The lowest BCUT2D eigenvalue weighted by Crippen LogP contribution is -2.30. The maximum atomic E-state index is 12.2. The summed E-state index contributed by atoms with van der Waals surface area (Å²) in [5.41, 5.74) is 1.44. The number of hydrogen-bond acceptors (Lipinski definition) is 4. The summed E-state index contributed by atoms with van der Waals surface area (Å²) in [6, 6.07) is 11.3. The van der Waals surface area contributed by atoms with Crippen LogP contribution in [0.1, 0.15) is 22.9 Å². The van der Waals surface area contributed by atoms with Gasteiger partial charge in [0.1, 0.15) is 16.8 Å². The number of ether oxygens (including phenoxy) is 1. The number of rotatable bonds is 4. The molecule has 21 heavy (non-hydrogen) atoms. The molecule has 1 heterocycles. The molecule has 2 rings (SSSR count). The van der Waals surface area contributed by atoms with Gasteiger partial charge in [-0.25, -0.2) is 0 Å². The monoisotopic (exact) mass is 300 g/mol. The molecule has 1 atom stereocenters. The number of nitriles is 1.